The van der Waals surface area contributed by atoms with Crippen LogP contribution in [0.25, 0.3) is 0 Å². The lowest BCUT2D eigenvalue weighted by Crippen LogP contribution is -2.62. The van der Waals surface area contributed by atoms with E-state index in [1.54, 1.807) is 6.21 Å². The molecule has 4 saturated carbocycles. The van der Waals surface area contributed by atoms with Gasteiger partial charge in [0.25, 0.3) is 0 Å². The molecule has 0 spiro atoms. The van der Waals surface area contributed by atoms with Crippen LogP contribution in [0.3, 0.4) is 0 Å². The fourth-order valence-electron chi connectivity index (χ4n) is 8.23. The van der Waals surface area contributed by atoms with E-state index in [-0.39, 0.29) is 16.9 Å². The number of aliphatic hydroxyl groups is 2. The van der Waals surface area contributed by atoms with Gasteiger partial charge in [-0.1, -0.05) is 13.8 Å². The molecule has 0 radical (unpaired) electrons. The molecule has 164 valence electrons. The lowest BCUT2D eigenvalue weighted by molar-refractivity contribution is -0.210. The van der Waals surface area contributed by atoms with Gasteiger partial charge in [0, 0.05) is 6.21 Å². The first-order valence-electron chi connectivity index (χ1n) is 11.7. The second kappa shape index (κ2) is 7.52. The van der Waals surface area contributed by atoms with E-state index in [0.717, 1.165) is 64.2 Å². The van der Waals surface area contributed by atoms with E-state index in [1.807, 2.05) is 0 Å². The number of nitrogens with two attached hydrogens (primary N) is 1. The number of hydrogen-bond acceptors (Lipinski definition) is 4. The van der Waals surface area contributed by atoms with E-state index < -0.39 is 11.6 Å². The smallest absolute Gasteiger partial charge is 0.332 e. The number of carbonyl (C=O) groups is 1. The van der Waals surface area contributed by atoms with Crippen molar-refractivity contribution in [3.8, 4) is 0 Å². The Bertz CT molecular complexity index is 670. The van der Waals surface area contributed by atoms with E-state index in [1.165, 1.54) is 6.42 Å². The third-order valence-corrected chi connectivity index (χ3v) is 9.93. The summed E-state index contributed by atoms with van der Waals surface area (Å²) >= 11 is 0. The molecule has 0 aliphatic heterocycles. The standard InChI is InChI=1S/C23H39N3O3/c1-21-10-8-17(27)14-16(21)5-6-19-18(21)9-11-22(2)15(7-12-23(19,22)29)4-3-13-25-26-20(24)28/h13,15-19,27,29H,3-12,14H2,1-2H3,(H3,24,26,28)/b25-13+/t15-,16+,17-,18-,19+,21-,22+,23-/m0/s1. The molecule has 0 unspecified atom stereocenters. The van der Waals surface area contributed by atoms with E-state index in [0.29, 0.717) is 23.7 Å². The molecule has 0 aromatic heterocycles. The van der Waals surface area contributed by atoms with E-state index in [2.05, 4.69) is 24.4 Å². The number of rotatable bonds is 4. The van der Waals surface area contributed by atoms with Crippen LogP contribution in [0.2, 0.25) is 0 Å². The number of hydrazone groups is 1. The van der Waals surface area contributed by atoms with E-state index in [4.69, 9.17) is 5.73 Å². The quantitative estimate of drug-likeness (QED) is 0.424. The fraction of sp³-hybridized carbons (Fsp3) is 0.913. The third kappa shape index (κ3) is 3.31. The van der Waals surface area contributed by atoms with Crippen molar-refractivity contribution in [2.24, 2.45) is 45.3 Å². The van der Waals surface area contributed by atoms with Crippen LogP contribution < -0.4 is 11.2 Å². The highest BCUT2D eigenvalue weighted by Crippen LogP contribution is 2.69. The molecule has 0 saturated heterocycles. The molecule has 29 heavy (non-hydrogen) atoms. The van der Waals surface area contributed by atoms with Crippen molar-refractivity contribution >= 4 is 12.2 Å². The second-order valence-electron chi connectivity index (χ2n) is 10.9. The van der Waals surface area contributed by atoms with Crippen molar-refractivity contribution < 1.29 is 15.0 Å². The first-order valence-corrected chi connectivity index (χ1v) is 11.7. The number of hydrogen-bond donors (Lipinski definition) is 4. The van der Waals surface area contributed by atoms with Crippen LogP contribution in [-0.2, 0) is 0 Å². The van der Waals surface area contributed by atoms with Gasteiger partial charge in [-0.25, -0.2) is 10.2 Å². The van der Waals surface area contributed by atoms with Gasteiger partial charge < -0.3 is 15.9 Å². The van der Waals surface area contributed by atoms with Gasteiger partial charge in [-0.3, -0.25) is 0 Å². The first-order chi connectivity index (χ1) is 13.7. The van der Waals surface area contributed by atoms with Crippen LogP contribution >= 0.6 is 0 Å². The number of carbonyl (C=O) groups excluding carboxylic acids is 1. The van der Waals surface area contributed by atoms with Gasteiger partial charge in [-0.05, 0) is 105 Å². The highest BCUT2D eigenvalue weighted by molar-refractivity contribution is 5.72. The average molecular weight is 406 g/mol. The lowest BCUT2D eigenvalue weighted by atomic mass is 9.43. The van der Waals surface area contributed by atoms with Crippen molar-refractivity contribution in [1.29, 1.82) is 0 Å². The Morgan fingerprint density at radius 2 is 1.93 bits per heavy atom. The van der Waals surface area contributed by atoms with Crippen molar-refractivity contribution in [2.45, 2.75) is 96.2 Å². The molecule has 0 heterocycles. The van der Waals surface area contributed by atoms with Gasteiger partial charge in [0.05, 0.1) is 11.7 Å². The highest BCUT2D eigenvalue weighted by Gasteiger charge is 2.66. The summed E-state index contributed by atoms with van der Waals surface area (Å²) in [5, 5.41) is 26.2. The van der Waals surface area contributed by atoms with Crippen LogP contribution in [0.15, 0.2) is 5.10 Å². The Kier molecular flexibility index (Phi) is 5.48. The molecule has 6 heteroatoms. The minimum atomic E-state index is -0.638. The molecule has 4 rings (SSSR count). The summed E-state index contributed by atoms with van der Waals surface area (Å²) in [5.41, 5.74) is 6.98. The summed E-state index contributed by atoms with van der Waals surface area (Å²) in [4.78, 5) is 10.7. The molecule has 0 aromatic carbocycles. The molecule has 2 amide bonds. The third-order valence-electron chi connectivity index (χ3n) is 9.93. The molecule has 8 atom stereocenters. The van der Waals surface area contributed by atoms with Crippen LogP contribution in [0.5, 0.6) is 0 Å². The van der Waals surface area contributed by atoms with Crippen molar-refractivity contribution in [2.75, 3.05) is 0 Å². The first kappa shape index (κ1) is 21.1. The van der Waals surface area contributed by atoms with Crippen LogP contribution in [0.1, 0.15) is 84.5 Å². The number of fused-ring (bicyclic) bond motifs is 5. The number of amides is 2. The normalized spacial score (nSPS) is 49.3. The van der Waals surface area contributed by atoms with Gasteiger partial charge in [-0.15, -0.1) is 0 Å². The molecule has 4 aliphatic carbocycles. The highest BCUT2D eigenvalue weighted by atomic mass is 16.3. The van der Waals surface area contributed by atoms with Gasteiger partial charge >= 0.3 is 6.03 Å². The van der Waals surface area contributed by atoms with Crippen LogP contribution in [-0.4, -0.2) is 34.2 Å². The van der Waals surface area contributed by atoms with Gasteiger partial charge in [0.2, 0.25) is 0 Å². The monoisotopic (exact) mass is 405 g/mol. The average Bonchev–Trinajstić information content (AvgIpc) is 2.93. The molecule has 5 N–H and O–H groups in total. The molecular weight excluding hydrogens is 366 g/mol. The topological polar surface area (TPSA) is 108 Å². The summed E-state index contributed by atoms with van der Waals surface area (Å²) in [7, 11) is 0. The molecular formula is C23H39N3O3. The Morgan fingerprint density at radius 3 is 2.69 bits per heavy atom. The predicted octanol–water partition coefficient (Wildman–Crippen LogP) is 3.56. The molecule has 4 aliphatic rings. The summed E-state index contributed by atoms with van der Waals surface area (Å²) < 4.78 is 0. The number of aliphatic hydroxyl groups excluding tert-OH is 1. The zero-order chi connectivity index (χ0) is 20.9. The summed E-state index contributed by atoms with van der Waals surface area (Å²) in [6, 6.07) is -0.638. The van der Waals surface area contributed by atoms with Crippen LogP contribution in [0.4, 0.5) is 4.79 Å². The fourth-order valence-corrected chi connectivity index (χ4v) is 8.23. The van der Waals surface area contributed by atoms with Crippen molar-refractivity contribution in [3.05, 3.63) is 0 Å². The zero-order valence-corrected chi connectivity index (χ0v) is 18.1. The SMILES string of the molecule is C[C@]12CC[C@H](O)C[C@H]1CC[C@@H]1[C@@H]2CC[C@]2(C)[C@@H](CC/C=N/NC(N)=O)CC[C@]12O. The maximum absolute atomic E-state index is 12.1. The summed E-state index contributed by atoms with van der Waals surface area (Å²) in [5.74, 6) is 2.10. The largest absolute Gasteiger partial charge is 0.393 e. The van der Waals surface area contributed by atoms with Gasteiger partial charge in [-0.2, -0.15) is 5.10 Å². The number of nitrogens with one attached hydrogen (secondary N) is 1. The minimum Gasteiger partial charge on any atom is -0.393 e. The molecule has 0 aromatic rings. The lowest BCUT2D eigenvalue weighted by Gasteiger charge is -2.63. The maximum atomic E-state index is 12.1. The Hall–Kier alpha value is -1.14. The Labute approximate surface area is 174 Å². The Balaban J connectivity index is 1.48. The predicted molar refractivity (Wildman–Crippen MR) is 113 cm³/mol. The number of primary amides is 1. The van der Waals surface area contributed by atoms with Gasteiger partial charge in [0.15, 0.2) is 0 Å². The molecule has 0 bridgehead atoms. The van der Waals surface area contributed by atoms with Crippen LogP contribution in [0, 0.1) is 34.5 Å². The van der Waals surface area contributed by atoms with Gasteiger partial charge in [0.1, 0.15) is 0 Å². The van der Waals surface area contributed by atoms with Crippen molar-refractivity contribution in [3.63, 3.8) is 0 Å². The molecule has 4 fully saturated rings. The minimum absolute atomic E-state index is 0.0313. The van der Waals surface area contributed by atoms with Crippen molar-refractivity contribution in [1.82, 2.24) is 5.43 Å². The number of nitrogens with zero attached hydrogens (tertiary/aromatic N) is 1. The molecule has 6 nitrogen and oxygen atoms in total. The van der Waals surface area contributed by atoms with E-state index >= 15 is 0 Å². The van der Waals surface area contributed by atoms with E-state index in [9.17, 15) is 15.0 Å². The second-order valence-corrected chi connectivity index (χ2v) is 10.9. The maximum Gasteiger partial charge on any atom is 0.332 e. The number of urea groups is 1. The Morgan fingerprint density at radius 1 is 1.14 bits per heavy atom. The summed E-state index contributed by atoms with van der Waals surface area (Å²) in [6.45, 7) is 4.79. The zero-order valence-electron chi connectivity index (χ0n) is 18.1. The summed E-state index contributed by atoms with van der Waals surface area (Å²) in [6.07, 6.45) is 12.9.